The Labute approximate surface area is 118 Å². The minimum absolute atomic E-state index is 0.0458. The van der Waals surface area contributed by atoms with Crippen molar-refractivity contribution in [2.45, 2.75) is 45.0 Å². The number of hydrogen-bond acceptors (Lipinski definition) is 2. The van der Waals surface area contributed by atoms with Gasteiger partial charge in [-0.05, 0) is 23.7 Å². The fraction of sp³-hybridized carbons (Fsp3) is 0.500. The van der Waals surface area contributed by atoms with Crippen molar-refractivity contribution in [2.24, 2.45) is 0 Å². The average Bonchev–Trinajstić information content (AvgIpc) is 2.34. The van der Waals surface area contributed by atoms with E-state index in [0.29, 0.717) is 0 Å². The first-order chi connectivity index (χ1) is 8.78. The Morgan fingerprint density at radius 3 is 2.26 bits per heavy atom. The summed E-state index contributed by atoms with van der Waals surface area (Å²) in [6.45, 7) is 11.2. The summed E-state index contributed by atoms with van der Waals surface area (Å²) in [5.41, 5.74) is 1.14. The third-order valence-electron chi connectivity index (χ3n) is 3.77. The first-order valence-corrected chi connectivity index (χ1v) is 9.69. The zero-order valence-corrected chi connectivity index (χ0v) is 13.7. The van der Waals surface area contributed by atoms with Crippen LogP contribution in [0.5, 0.6) is 0 Å². The van der Waals surface area contributed by atoms with Crippen LogP contribution in [0.25, 0.3) is 0 Å². The fourth-order valence-electron chi connectivity index (χ4n) is 1.54. The molecule has 0 radical (unpaired) electrons. The highest BCUT2D eigenvalue weighted by molar-refractivity contribution is 6.74. The second-order valence-electron chi connectivity index (χ2n) is 6.32. The van der Waals surface area contributed by atoms with E-state index in [4.69, 9.17) is 9.53 Å². The van der Waals surface area contributed by atoms with Crippen molar-refractivity contribution >= 4 is 8.32 Å². The highest BCUT2D eigenvalue weighted by Crippen LogP contribution is 2.40. The summed E-state index contributed by atoms with van der Waals surface area (Å²) >= 11 is 0. The van der Waals surface area contributed by atoms with Gasteiger partial charge in [-0.2, -0.15) is 0 Å². The van der Waals surface area contributed by atoms with Crippen LogP contribution in [-0.4, -0.2) is 20.0 Å². The molecule has 0 aromatic heterocycles. The third kappa shape index (κ3) is 4.60. The Kier molecular flexibility index (Phi) is 5.53. The predicted molar refractivity (Wildman–Crippen MR) is 83.7 cm³/mol. The van der Waals surface area contributed by atoms with Gasteiger partial charge < -0.3 is 9.53 Å². The molecule has 1 aromatic carbocycles. The maximum absolute atomic E-state index is 8.99. The molecule has 106 valence electrons. The number of aliphatic hydroxyl groups is 1. The molecule has 0 heterocycles. The molecule has 1 aromatic rings. The standard InChI is InChI=1S/C16H26O2Si/c1-16(2,3)19(4,5)18-15(12-9-13-17)14-10-7-6-8-11-14/h6-12,15,17H,13H2,1-5H3/b12-9+. The quantitative estimate of drug-likeness (QED) is 0.643. The first-order valence-electron chi connectivity index (χ1n) is 6.78. The molecule has 0 aliphatic heterocycles. The Morgan fingerprint density at radius 1 is 1.21 bits per heavy atom. The third-order valence-corrected chi connectivity index (χ3v) is 8.23. The molecule has 0 saturated heterocycles. The van der Waals surface area contributed by atoms with Gasteiger partial charge in [-0.3, -0.25) is 0 Å². The summed E-state index contributed by atoms with van der Waals surface area (Å²) in [4.78, 5) is 0. The zero-order valence-electron chi connectivity index (χ0n) is 12.7. The van der Waals surface area contributed by atoms with Gasteiger partial charge in [0, 0.05) is 0 Å². The summed E-state index contributed by atoms with van der Waals surface area (Å²) in [7, 11) is -1.83. The monoisotopic (exact) mass is 278 g/mol. The molecule has 0 fully saturated rings. The largest absolute Gasteiger partial charge is 0.407 e. The van der Waals surface area contributed by atoms with Crippen LogP contribution >= 0.6 is 0 Å². The molecule has 0 aliphatic rings. The number of rotatable bonds is 5. The van der Waals surface area contributed by atoms with E-state index in [9.17, 15) is 0 Å². The van der Waals surface area contributed by atoms with Crippen molar-refractivity contribution in [1.82, 2.24) is 0 Å². The van der Waals surface area contributed by atoms with Gasteiger partial charge in [0.1, 0.15) is 0 Å². The molecule has 19 heavy (non-hydrogen) atoms. The van der Waals surface area contributed by atoms with Crippen LogP contribution in [0.15, 0.2) is 42.5 Å². The van der Waals surface area contributed by atoms with Crippen molar-refractivity contribution in [1.29, 1.82) is 0 Å². The normalized spacial score (nSPS) is 14.8. The summed E-state index contributed by atoms with van der Waals surface area (Å²) in [6, 6.07) is 10.2. The zero-order chi connectivity index (χ0) is 14.5. The van der Waals surface area contributed by atoms with E-state index in [0.717, 1.165) is 5.56 Å². The Balaban J connectivity index is 2.97. The van der Waals surface area contributed by atoms with Crippen molar-refractivity contribution in [3.8, 4) is 0 Å². The van der Waals surface area contributed by atoms with Crippen LogP contribution in [0, 0.1) is 0 Å². The minimum Gasteiger partial charge on any atom is -0.407 e. The van der Waals surface area contributed by atoms with Crippen molar-refractivity contribution in [3.05, 3.63) is 48.0 Å². The van der Waals surface area contributed by atoms with Gasteiger partial charge in [0.2, 0.25) is 0 Å². The van der Waals surface area contributed by atoms with Crippen molar-refractivity contribution in [3.63, 3.8) is 0 Å². The first kappa shape index (κ1) is 16.2. The molecular weight excluding hydrogens is 252 g/mol. The van der Waals surface area contributed by atoms with Crippen molar-refractivity contribution in [2.75, 3.05) is 6.61 Å². The predicted octanol–water partition coefficient (Wildman–Crippen LogP) is 4.30. The van der Waals surface area contributed by atoms with E-state index >= 15 is 0 Å². The Hall–Kier alpha value is -0.903. The van der Waals surface area contributed by atoms with Crippen molar-refractivity contribution < 1.29 is 9.53 Å². The molecule has 0 aliphatic carbocycles. The summed E-state index contributed by atoms with van der Waals surface area (Å²) < 4.78 is 6.43. The van der Waals surface area contributed by atoms with Crippen LogP contribution in [0.3, 0.4) is 0 Å². The molecule has 1 unspecified atom stereocenters. The fourth-order valence-corrected chi connectivity index (χ4v) is 2.74. The van der Waals surface area contributed by atoms with E-state index in [-0.39, 0.29) is 17.7 Å². The Morgan fingerprint density at radius 2 is 1.79 bits per heavy atom. The average molecular weight is 278 g/mol. The molecule has 0 spiro atoms. The molecule has 1 N–H and O–H groups in total. The molecule has 1 atom stereocenters. The smallest absolute Gasteiger partial charge is 0.193 e. The lowest BCUT2D eigenvalue weighted by Gasteiger charge is -2.38. The second kappa shape index (κ2) is 6.50. The molecule has 0 saturated carbocycles. The summed E-state index contributed by atoms with van der Waals surface area (Å²) in [5, 5.41) is 9.16. The van der Waals surface area contributed by atoms with Gasteiger partial charge in [-0.1, -0.05) is 63.3 Å². The number of hydrogen-bond donors (Lipinski definition) is 1. The van der Waals surface area contributed by atoms with E-state index in [1.54, 1.807) is 6.08 Å². The van der Waals surface area contributed by atoms with E-state index in [1.165, 1.54) is 0 Å². The summed E-state index contributed by atoms with van der Waals surface area (Å²) in [6.07, 6.45) is 3.63. The molecule has 2 nitrogen and oxygen atoms in total. The van der Waals surface area contributed by atoms with Crippen LogP contribution in [0.4, 0.5) is 0 Å². The van der Waals surface area contributed by atoms with E-state index in [1.807, 2.05) is 24.3 Å². The molecule has 0 amide bonds. The lowest BCUT2D eigenvalue weighted by atomic mass is 10.1. The molecular formula is C16H26O2Si. The maximum atomic E-state index is 8.99. The van der Waals surface area contributed by atoms with Gasteiger partial charge in [-0.25, -0.2) is 0 Å². The van der Waals surface area contributed by atoms with E-state index < -0.39 is 8.32 Å². The lowest BCUT2D eigenvalue weighted by Crippen LogP contribution is -2.41. The van der Waals surface area contributed by atoms with Gasteiger partial charge >= 0.3 is 0 Å². The SMILES string of the molecule is CC(C)(C)[Si](C)(C)OC(/C=C/CO)c1ccccc1. The second-order valence-corrected chi connectivity index (χ2v) is 11.1. The highest BCUT2D eigenvalue weighted by atomic mass is 28.4. The topological polar surface area (TPSA) is 29.5 Å². The van der Waals surface area contributed by atoms with Gasteiger partial charge in [0.05, 0.1) is 12.7 Å². The maximum Gasteiger partial charge on any atom is 0.193 e. The van der Waals surface area contributed by atoms with Gasteiger partial charge in [-0.15, -0.1) is 0 Å². The van der Waals surface area contributed by atoms with Crippen LogP contribution < -0.4 is 0 Å². The van der Waals surface area contributed by atoms with Gasteiger partial charge in [0.15, 0.2) is 8.32 Å². The van der Waals surface area contributed by atoms with Crippen LogP contribution in [-0.2, 0) is 4.43 Å². The number of benzene rings is 1. The minimum atomic E-state index is -1.83. The highest BCUT2D eigenvalue weighted by Gasteiger charge is 2.38. The van der Waals surface area contributed by atoms with Crippen LogP contribution in [0.1, 0.15) is 32.4 Å². The Bertz CT molecular complexity index is 405. The summed E-state index contributed by atoms with van der Waals surface area (Å²) in [5.74, 6) is 0. The lowest BCUT2D eigenvalue weighted by molar-refractivity contribution is 0.228. The van der Waals surface area contributed by atoms with Crippen LogP contribution in [0.2, 0.25) is 18.1 Å². The van der Waals surface area contributed by atoms with Gasteiger partial charge in [0.25, 0.3) is 0 Å². The molecule has 1 rings (SSSR count). The number of aliphatic hydroxyl groups excluding tert-OH is 1. The molecule has 3 heteroatoms. The van der Waals surface area contributed by atoms with E-state index in [2.05, 4.69) is 46.0 Å². The molecule has 0 bridgehead atoms.